The summed E-state index contributed by atoms with van der Waals surface area (Å²) in [5.41, 5.74) is 4.80. The Morgan fingerprint density at radius 2 is 1.65 bits per heavy atom. The molecule has 0 aliphatic heterocycles. The van der Waals surface area contributed by atoms with Gasteiger partial charge in [0, 0.05) is 18.0 Å². The van der Waals surface area contributed by atoms with Crippen LogP contribution >= 0.6 is 11.3 Å². The molecule has 3 heteroatoms. The number of aromatic nitrogens is 2. The van der Waals surface area contributed by atoms with Gasteiger partial charge in [-0.05, 0) is 37.1 Å². The highest BCUT2D eigenvalue weighted by Crippen LogP contribution is 2.33. The van der Waals surface area contributed by atoms with Crippen molar-refractivity contribution in [3.63, 3.8) is 0 Å². The van der Waals surface area contributed by atoms with E-state index in [1.54, 1.807) is 23.7 Å². The summed E-state index contributed by atoms with van der Waals surface area (Å²) in [7, 11) is 0. The molecule has 0 N–H and O–H groups in total. The maximum absolute atomic E-state index is 4.73. The van der Waals surface area contributed by atoms with Crippen LogP contribution in [-0.4, -0.2) is 9.97 Å². The van der Waals surface area contributed by atoms with E-state index in [0.717, 1.165) is 16.1 Å². The summed E-state index contributed by atoms with van der Waals surface area (Å²) in [6.07, 6.45) is 3.61. The monoisotopic (exact) mass is 240 g/mol. The molecule has 0 unspecified atom stereocenters. The van der Waals surface area contributed by atoms with Gasteiger partial charge in [0.15, 0.2) is 0 Å². The van der Waals surface area contributed by atoms with Crippen molar-refractivity contribution in [1.82, 2.24) is 9.97 Å². The van der Waals surface area contributed by atoms with E-state index in [1.807, 2.05) is 12.1 Å². The van der Waals surface area contributed by atoms with Crippen LogP contribution in [-0.2, 0) is 0 Å². The van der Waals surface area contributed by atoms with E-state index in [4.69, 9.17) is 4.98 Å². The normalized spacial score (nSPS) is 10.9. The van der Waals surface area contributed by atoms with Gasteiger partial charge in [0.2, 0.25) is 0 Å². The van der Waals surface area contributed by atoms with Crippen LogP contribution in [0.5, 0.6) is 0 Å². The minimum absolute atomic E-state index is 1.07. The number of aryl methyl sites for hydroxylation is 2. The minimum atomic E-state index is 1.07. The lowest BCUT2D eigenvalue weighted by Gasteiger charge is -1.96. The third-order valence-corrected chi connectivity index (χ3v) is 4.11. The summed E-state index contributed by atoms with van der Waals surface area (Å²) in [6.45, 7) is 4.24. The van der Waals surface area contributed by atoms with Crippen LogP contribution in [0.25, 0.3) is 20.8 Å². The first kappa shape index (κ1) is 10.4. The smallest absolute Gasteiger partial charge is 0.124 e. The van der Waals surface area contributed by atoms with Gasteiger partial charge in [-0.15, -0.1) is 11.3 Å². The number of hydrogen-bond acceptors (Lipinski definition) is 3. The standard InChI is InChI=1S/C14H12N2S/c1-9-3-4-10(2)13-12(9)16-14(17-13)11-5-7-15-8-6-11/h3-8H,1-2H3. The Kier molecular flexibility index (Phi) is 2.41. The van der Waals surface area contributed by atoms with Gasteiger partial charge in [-0.2, -0.15) is 0 Å². The van der Waals surface area contributed by atoms with Crippen LogP contribution in [0, 0.1) is 13.8 Å². The summed E-state index contributed by atoms with van der Waals surface area (Å²) in [5.74, 6) is 0. The molecule has 17 heavy (non-hydrogen) atoms. The molecule has 0 aliphatic rings. The second-order valence-electron chi connectivity index (χ2n) is 4.13. The van der Waals surface area contributed by atoms with Crippen LogP contribution in [0.2, 0.25) is 0 Å². The fourth-order valence-electron chi connectivity index (χ4n) is 1.88. The highest BCUT2D eigenvalue weighted by atomic mass is 32.1. The number of benzene rings is 1. The highest BCUT2D eigenvalue weighted by molar-refractivity contribution is 7.21. The predicted molar refractivity (Wildman–Crippen MR) is 72.3 cm³/mol. The lowest BCUT2D eigenvalue weighted by molar-refractivity contribution is 1.32. The van der Waals surface area contributed by atoms with Gasteiger partial charge in [0.1, 0.15) is 5.01 Å². The van der Waals surface area contributed by atoms with Crippen molar-refractivity contribution in [2.24, 2.45) is 0 Å². The summed E-state index contributed by atoms with van der Waals surface area (Å²) in [4.78, 5) is 8.77. The van der Waals surface area contributed by atoms with Gasteiger partial charge in [-0.3, -0.25) is 4.98 Å². The molecule has 0 bridgehead atoms. The van der Waals surface area contributed by atoms with Crippen molar-refractivity contribution in [2.45, 2.75) is 13.8 Å². The van der Waals surface area contributed by atoms with Crippen molar-refractivity contribution in [3.05, 3.63) is 47.8 Å². The largest absolute Gasteiger partial charge is 0.265 e. The van der Waals surface area contributed by atoms with E-state index in [-0.39, 0.29) is 0 Å². The first-order valence-electron chi connectivity index (χ1n) is 5.53. The highest BCUT2D eigenvalue weighted by Gasteiger charge is 2.09. The van der Waals surface area contributed by atoms with Crippen LogP contribution < -0.4 is 0 Å². The summed E-state index contributed by atoms with van der Waals surface area (Å²) < 4.78 is 1.29. The SMILES string of the molecule is Cc1ccc(C)c2sc(-c3ccncc3)nc12. The molecule has 2 aromatic heterocycles. The topological polar surface area (TPSA) is 25.8 Å². The van der Waals surface area contributed by atoms with E-state index in [2.05, 4.69) is 31.0 Å². The summed E-state index contributed by atoms with van der Waals surface area (Å²) in [6, 6.07) is 8.30. The molecule has 84 valence electrons. The van der Waals surface area contributed by atoms with Gasteiger partial charge in [-0.25, -0.2) is 4.98 Å². The molecule has 2 heterocycles. The maximum Gasteiger partial charge on any atom is 0.124 e. The van der Waals surface area contributed by atoms with Gasteiger partial charge in [-0.1, -0.05) is 12.1 Å². The van der Waals surface area contributed by atoms with Crippen molar-refractivity contribution < 1.29 is 0 Å². The molecule has 0 fully saturated rings. The Balaban J connectivity index is 2.27. The Morgan fingerprint density at radius 1 is 0.941 bits per heavy atom. The summed E-state index contributed by atoms with van der Waals surface area (Å²) in [5, 5.41) is 1.07. The average Bonchev–Trinajstić information content (AvgIpc) is 2.81. The third kappa shape index (κ3) is 1.72. The molecule has 2 nitrogen and oxygen atoms in total. The Morgan fingerprint density at radius 3 is 2.35 bits per heavy atom. The van der Waals surface area contributed by atoms with Gasteiger partial charge >= 0.3 is 0 Å². The quantitative estimate of drug-likeness (QED) is 0.643. The predicted octanol–water partition coefficient (Wildman–Crippen LogP) is 3.98. The molecule has 0 spiro atoms. The second kappa shape index (κ2) is 3.93. The van der Waals surface area contributed by atoms with Crippen LogP contribution in [0.1, 0.15) is 11.1 Å². The van der Waals surface area contributed by atoms with Crippen molar-refractivity contribution >= 4 is 21.6 Å². The van der Waals surface area contributed by atoms with E-state index in [1.165, 1.54) is 15.8 Å². The van der Waals surface area contributed by atoms with E-state index < -0.39 is 0 Å². The number of hydrogen-bond donors (Lipinski definition) is 0. The molecule has 0 aliphatic carbocycles. The molecule has 0 saturated carbocycles. The fraction of sp³-hybridized carbons (Fsp3) is 0.143. The second-order valence-corrected chi connectivity index (χ2v) is 5.13. The van der Waals surface area contributed by atoms with Crippen LogP contribution in [0.15, 0.2) is 36.7 Å². The van der Waals surface area contributed by atoms with Gasteiger partial charge in [0.05, 0.1) is 10.2 Å². The average molecular weight is 240 g/mol. The Bertz CT molecular complexity index is 632. The summed E-state index contributed by atoms with van der Waals surface area (Å²) >= 11 is 1.75. The first-order valence-corrected chi connectivity index (χ1v) is 6.34. The molecular formula is C14H12N2S. The number of rotatable bonds is 1. The molecule has 1 aromatic carbocycles. The molecule has 3 aromatic rings. The fourth-order valence-corrected chi connectivity index (χ4v) is 2.99. The van der Waals surface area contributed by atoms with Gasteiger partial charge in [0.25, 0.3) is 0 Å². The van der Waals surface area contributed by atoms with E-state index in [0.29, 0.717) is 0 Å². The lowest BCUT2D eigenvalue weighted by Crippen LogP contribution is -1.79. The van der Waals surface area contributed by atoms with E-state index in [9.17, 15) is 0 Å². The zero-order chi connectivity index (χ0) is 11.8. The Hall–Kier alpha value is -1.74. The van der Waals surface area contributed by atoms with Crippen molar-refractivity contribution in [1.29, 1.82) is 0 Å². The molecule has 0 saturated heterocycles. The van der Waals surface area contributed by atoms with Crippen molar-refractivity contribution in [2.75, 3.05) is 0 Å². The Labute approximate surface area is 104 Å². The number of thiazole rings is 1. The molecule has 3 rings (SSSR count). The molecule has 0 atom stereocenters. The molecule has 0 amide bonds. The maximum atomic E-state index is 4.73. The van der Waals surface area contributed by atoms with E-state index >= 15 is 0 Å². The number of nitrogens with zero attached hydrogens (tertiary/aromatic N) is 2. The molecular weight excluding hydrogens is 228 g/mol. The first-order chi connectivity index (χ1) is 8.25. The minimum Gasteiger partial charge on any atom is -0.265 e. The van der Waals surface area contributed by atoms with Crippen LogP contribution in [0.4, 0.5) is 0 Å². The zero-order valence-corrected chi connectivity index (χ0v) is 10.6. The third-order valence-electron chi connectivity index (χ3n) is 2.87. The molecule has 0 radical (unpaired) electrons. The van der Waals surface area contributed by atoms with Crippen LogP contribution in [0.3, 0.4) is 0 Å². The number of pyridine rings is 1. The van der Waals surface area contributed by atoms with Gasteiger partial charge < -0.3 is 0 Å². The number of fused-ring (bicyclic) bond motifs is 1. The lowest BCUT2D eigenvalue weighted by atomic mass is 10.1. The van der Waals surface area contributed by atoms with Crippen molar-refractivity contribution in [3.8, 4) is 10.6 Å². The zero-order valence-electron chi connectivity index (χ0n) is 9.77.